The molecule has 1 atom stereocenters. The lowest BCUT2D eigenvalue weighted by Crippen LogP contribution is -2.40. The van der Waals surface area contributed by atoms with Crippen LogP contribution in [0.5, 0.6) is 11.5 Å². The Balaban J connectivity index is 2.10. The Morgan fingerprint density at radius 1 is 1.29 bits per heavy atom. The number of nitrogens with one attached hydrogen (secondary N) is 3. The van der Waals surface area contributed by atoms with Crippen LogP contribution in [0.3, 0.4) is 0 Å². The molecule has 3 N–H and O–H groups in total. The summed E-state index contributed by atoms with van der Waals surface area (Å²) in [5, 5.41) is 14.1. The predicted octanol–water partition coefficient (Wildman–Crippen LogP) is 3.29. The number of methoxy groups -OCH3 is 1. The predicted molar refractivity (Wildman–Crippen MR) is 138 cm³/mol. The Morgan fingerprint density at radius 3 is 2.65 bits per heavy atom. The first-order valence-corrected chi connectivity index (χ1v) is 14.6. The highest BCUT2D eigenvalue weighted by Gasteiger charge is 2.33. The Bertz CT molecular complexity index is 1130. The topological polar surface area (TPSA) is 115 Å². The number of fused-ring (bicyclic) bond motifs is 1. The van der Waals surface area contributed by atoms with E-state index in [1.165, 1.54) is 11.7 Å². The second-order valence-corrected chi connectivity index (χ2v) is 12.5. The molecule has 1 aromatic heterocycles. The van der Waals surface area contributed by atoms with Crippen molar-refractivity contribution in [3.8, 4) is 22.6 Å². The summed E-state index contributed by atoms with van der Waals surface area (Å²) in [5.41, 5.74) is 2.11. The minimum absolute atomic E-state index is 0.0475. The van der Waals surface area contributed by atoms with Crippen molar-refractivity contribution < 1.29 is 19.0 Å². The van der Waals surface area contributed by atoms with E-state index in [0.29, 0.717) is 40.5 Å². The molecular formula is C24H34N4O5Si. The van der Waals surface area contributed by atoms with Gasteiger partial charge >= 0.3 is 0 Å². The summed E-state index contributed by atoms with van der Waals surface area (Å²) < 4.78 is 18.8. The van der Waals surface area contributed by atoms with E-state index in [-0.39, 0.29) is 29.8 Å². The van der Waals surface area contributed by atoms with E-state index in [0.717, 1.165) is 12.3 Å². The fourth-order valence-electron chi connectivity index (χ4n) is 3.76. The number of benzene rings is 1. The van der Waals surface area contributed by atoms with Gasteiger partial charge in [-0.1, -0.05) is 26.9 Å². The minimum Gasteiger partial charge on any atom is -0.497 e. The molecular weight excluding hydrogens is 452 g/mol. The van der Waals surface area contributed by atoms with Gasteiger partial charge in [0, 0.05) is 57.6 Å². The summed E-state index contributed by atoms with van der Waals surface area (Å²) in [6.07, 6.45) is 2.15. The molecule has 1 unspecified atom stereocenters. The second kappa shape index (κ2) is 10.9. The molecule has 0 bridgehead atoms. The molecule has 9 nitrogen and oxygen atoms in total. The Kier molecular flexibility index (Phi) is 8.16. The normalized spacial score (nSPS) is 15.1. The third kappa shape index (κ3) is 5.34. The zero-order valence-corrected chi connectivity index (χ0v) is 21.8. The molecule has 0 radical (unpaired) electrons. The molecule has 2 aromatic rings. The number of nitrogens with zero attached hydrogens (tertiary/aromatic N) is 1. The van der Waals surface area contributed by atoms with Crippen LogP contribution in [0.4, 0.5) is 11.4 Å². The molecule has 1 aliphatic heterocycles. The molecule has 1 amide bonds. The minimum atomic E-state index is -0.718. The number of hydrogen-bond acceptors (Lipinski definition) is 7. The number of aromatic nitrogens is 1. The van der Waals surface area contributed by atoms with Crippen molar-refractivity contribution >= 4 is 32.3 Å². The summed E-state index contributed by atoms with van der Waals surface area (Å²) in [6.45, 7) is 9.14. The zero-order valence-electron chi connectivity index (χ0n) is 20.7. The monoisotopic (exact) mass is 486 g/mol. The Morgan fingerprint density at radius 2 is 2.03 bits per heavy atom. The third-order valence-corrected chi connectivity index (χ3v) is 7.10. The Labute approximate surface area is 201 Å². The molecule has 1 aromatic carbocycles. The first kappa shape index (κ1) is 25.5. The van der Waals surface area contributed by atoms with Crippen LogP contribution in [-0.2, 0) is 16.6 Å². The number of anilines is 2. The van der Waals surface area contributed by atoms with Gasteiger partial charge in [0.05, 0.1) is 12.8 Å². The molecule has 10 heteroatoms. The van der Waals surface area contributed by atoms with E-state index < -0.39 is 14.9 Å². The maximum atomic E-state index is 12.9. The largest absolute Gasteiger partial charge is 0.497 e. The summed E-state index contributed by atoms with van der Waals surface area (Å²) >= 11 is 0. The number of pyridine rings is 1. The molecule has 0 saturated heterocycles. The van der Waals surface area contributed by atoms with Gasteiger partial charge in [-0.2, -0.15) is 0 Å². The van der Waals surface area contributed by atoms with Crippen LogP contribution in [0.25, 0.3) is 11.1 Å². The van der Waals surface area contributed by atoms with Crippen molar-refractivity contribution in [1.82, 2.24) is 4.57 Å². The van der Waals surface area contributed by atoms with Gasteiger partial charge in [0.25, 0.3) is 11.5 Å². The molecule has 3 rings (SSSR count). The summed E-state index contributed by atoms with van der Waals surface area (Å²) in [4.78, 5) is 25.5. The van der Waals surface area contributed by atoms with E-state index >= 15 is 0 Å². The number of hydrogen-bond donors (Lipinski definition) is 3. The van der Waals surface area contributed by atoms with Crippen LogP contribution in [0, 0.1) is 11.3 Å². The van der Waals surface area contributed by atoms with Gasteiger partial charge < -0.3 is 34.8 Å². The number of aryl methyl sites for hydroxylation is 1. The molecule has 0 fully saturated rings. The second-order valence-electron chi connectivity index (χ2n) is 9.13. The maximum Gasteiger partial charge on any atom is 0.274 e. The number of rotatable bonds is 10. The number of amides is 1. The van der Waals surface area contributed by atoms with Gasteiger partial charge in [0.15, 0.2) is 11.9 Å². The number of ether oxygens (including phenoxy) is 3. The van der Waals surface area contributed by atoms with Crippen molar-refractivity contribution in [2.45, 2.75) is 39.1 Å². The van der Waals surface area contributed by atoms with Gasteiger partial charge in [-0.3, -0.25) is 9.59 Å². The summed E-state index contributed by atoms with van der Waals surface area (Å²) in [6, 6.07) is 4.53. The van der Waals surface area contributed by atoms with Crippen LogP contribution < -0.4 is 25.7 Å². The quantitative estimate of drug-likeness (QED) is 0.205. The fraction of sp³-hybridized carbons (Fsp3) is 0.458. The van der Waals surface area contributed by atoms with Gasteiger partial charge in [-0.25, -0.2) is 0 Å². The van der Waals surface area contributed by atoms with E-state index in [9.17, 15) is 9.59 Å². The highest BCUT2D eigenvalue weighted by molar-refractivity contribution is 6.55. The lowest BCUT2D eigenvalue weighted by atomic mass is 9.97. The van der Waals surface area contributed by atoms with E-state index in [1.807, 2.05) is 13.8 Å². The fourth-order valence-corrected chi connectivity index (χ4v) is 4.40. The Hall–Kier alpha value is -3.11. The van der Waals surface area contributed by atoms with Gasteiger partial charge in [0.2, 0.25) is 0 Å². The van der Waals surface area contributed by atoms with Crippen LogP contribution in [-0.4, -0.2) is 52.0 Å². The van der Waals surface area contributed by atoms with Crippen LogP contribution in [0.15, 0.2) is 23.1 Å². The van der Waals surface area contributed by atoms with Crippen molar-refractivity contribution in [1.29, 1.82) is 5.41 Å². The van der Waals surface area contributed by atoms with Crippen molar-refractivity contribution in [2.24, 2.45) is 13.0 Å². The van der Waals surface area contributed by atoms with Crippen LogP contribution >= 0.6 is 0 Å². The molecule has 1 aliphatic rings. The smallest absolute Gasteiger partial charge is 0.274 e. The van der Waals surface area contributed by atoms with Crippen LogP contribution in [0.2, 0.25) is 19.1 Å². The van der Waals surface area contributed by atoms with Crippen molar-refractivity contribution in [2.75, 3.05) is 31.1 Å². The van der Waals surface area contributed by atoms with Crippen molar-refractivity contribution in [3.63, 3.8) is 0 Å². The lowest BCUT2D eigenvalue weighted by Gasteiger charge is -2.30. The number of carbonyl (C=O) groups is 1. The first-order chi connectivity index (χ1) is 16.2. The van der Waals surface area contributed by atoms with E-state index in [1.54, 1.807) is 25.4 Å². The molecule has 184 valence electrons. The maximum absolute atomic E-state index is 12.9. The standard InChI is InChI=1S/C24H34N4O5Si/c1-14(2)21-23(29)27-19-10-15(31-4)9-16(22(19)33-21)18-12-28(3)24(30)20(17(18)11-25)26-13-32-7-8-34(5)6/h9-12,14,21,25-26,34H,7-8,13H2,1-6H3,(H,27,29). The third-order valence-electron chi connectivity index (χ3n) is 5.71. The van der Waals surface area contributed by atoms with Gasteiger partial charge in [-0.05, 0) is 18.0 Å². The van der Waals surface area contributed by atoms with Gasteiger partial charge in [0.1, 0.15) is 18.2 Å². The average Bonchev–Trinajstić information content (AvgIpc) is 2.79. The SMILES string of the molecule is COc1cc2c(c(-c3cn(C)c(=O)c(NCOCC[SiH](C)C)c3C=N)c1)OC(C(C)C)C(=O)N2. The van der Waals surface area contributed by atoms with Crippen LogP contribution in [0.1, 0.15) is 19.4 Å². The average molecular weight is 487 g/mol. The summed E-state index contributed by atoms with van der Waals surface area (Å²) in [5.74, 6) is 0.721. The summed E-state index contributed by atoms with van der Waals surface area (Å²) in [7, 11) is 2.48. The van der Waals surface area contributed by atoms with Crippen molar-refractivity contribution in [3.05, 3.63) is 34.2 Å². The number of carbonyl (C=O) groups excluding carboxylic acids is 1. The van der Waals surface area contributed by atoms with E-state index in [4.69, 9.17) is 19.6 Å². The van der Waals surface area contributed by atoms with Gasteiger partial charge in [-0.15, -0.1) is 0 Å². The zero-order chi connectivity index (χ0) is 25.0. The lowest BCUT2D eigenvalue weighted by molar-refractivity contribution is -0.125. The molecule has 0 aliphatic carbocycles. The molecule has 2 heterocycles. The van der Waals surface area contributed by atoms with E-state index in [2.05, 4.69) is 23.7 Å². The highest BCUT2D eigenvalue weighted by Crippen LogP contribution is 2.44. The molecule has 0 saturated carbocycles. The first-order valence-electron chi connectivity index (χ1n) is 11.4. The highest BCUT2D eigenvalue weighted by atomic mass is 28.3. The molecule has 34 heavy (non-hydrogen) atoms. The molecule has 0 spiro atoms.